The van der Waals surface area contributed by atoms with Crippen molar-refractivity contribution < 1.29 is 26.4 Å². The summed E-state index contributed by atoms with van der Waals surface area (Å²) in [4.78, 5) is 13.1. The number of rotatable bonds is 9. The van der Waals surface area contributed by atoms with E-state index in [0.29, 0.717) is 6.42 Å². The van der Waals surface area contributed by atoms with Crippen LogP contribution in [0.25, 0.3) is 0 Å². The standard InChI is InChI=1S/C17H26F3N3O3S/c1-13-6-7-15(10-14(13)2)27(25,26)23(4)11-16(24)21-8-5-9-22(3)12-17(18,19)20/h6-7,10H,5,8-9,11-12H2,1-4H3,(H,21,24). The van der Waals surface area contributed by atoms with Crippen LogP contribution in [0.1, 0.15) is 17.5 Å². The molecule has 0 aromatic heterocycles. The van der Waals surface area contributed by atoms with Crippen molar-refractivity contribution in [3.8, 4) is 0 Å². The van der Waals surface area contributed by atoms with Crippen LogP contribution < -0.4 is 5.32 Å². The predicted molar refractivity (Wildman–Crippen MR) is 96.9 cm³/mol. The molecule has 0 unspecified atom stereocenters. The lowest BCUT2D eigenvalue weighted by atomic mass is 10.1. The lowest BCUT2D eigenvalue weighted by Crippen LogP contribution is -2.39. The van der Waals surface area contributed by atoms with E-state index < -0.39 is 28.7 Å². The number of aryl methyl sites for hydroxylation is 2. The predicted octanol–water partition coefficient (Wildman–Crippen LogP) is 1.92. The summed E-state index contributed by atoms with van der Waals surface area (Å²) in [7, 11) is -1.15. The van der Waals surface area contributed by atoms with Crippen molar-refractivity contribution in [2.75, 3.05) is 40.3 Å². The summed E-state index contributed by atoms with van der Waals surface area (Å²) in [6.07, 6.45) is -3.94. The van der Waals surface area contributed by atoms with Crippen LogP contribution in [0.15, 0.2) is 23.1 Å². The fourth-order valence-corrected chi connectivity index (χ4v) is 3.57. The average Bonchev–Trinajstić information content (AvgIpc) is 2.52. The minimum Gasteiger partial charge on any atom is -0.355 e. The highest BCUT2D eigenvalue weighted by Crippen LogP contribution is 2.18. The van der Waals surface area contributed by atoms with Crippen LogP contribution in [0, 0.1) is 13.8 Å². The lowest BCUT2D eigenvalue weighted by molar-refractivity contribution is -0.143. The maximum absolute atomic E-state index is 12.5. The number of halogens is 3. The van der Waals surface area contributed by atoms with E-state index in [1.54, 1.807) is 19.1 Å². The van der Waals surface area contributed by atoms with Gasteiger partial charge < -0.3 is 5.32 Å². The maximum atomic E-state index is 12.5. The molecule has 0 radical (unpaired) electrons. The third-order valence-corrected chi connectivity index (χ3v) is 5.84. The summed E-state index contributed by atoms with van der Waals surface area (Å²) in [6, 6.07) is 4.74. The van der Waals surface area contributed by atoms with E-state index in [9.17, 15) is 26.4 Å². The Morgan fingerprint density at radius 3 is 2.33 bits per heavy atom. The van der Waals surface area contributed by atoms with Gasteiger partial charge in [-0.2, -0.15) is 17.5 Å². The van der Waals surface area contributed by atoms with Crippen LogP contribution in [-0.2, 0) is 14.8 Å². The molecule has 6 nitrogen and oxygen atoms in total. The molecule has 0 heterocycles. The number of likely N-dealkylation sites (N-methyl/N-ethyl adjacent to an activating group) is 1. The van der Waals surface area contributed by atoms with Crippen LogP contribution >= 0.6 is 0 Å². The summed E-state index contributed by atoms with van der Waals surface area (Å²) in [5.41, 5.74) is 1.79. The molecule has 1 aromatic rings. The van der Waals surface area contributed by atoms with Gasteiger partial charge in [0.1, 0.15) is 0 Å². The Labute approximate surface area is 158 Å². The number of benzene rings is 1. The minimum absolute atomic E-state index is 0.106. The molecule has 10 heteroatoms. The van der Waals surface area contributed by atoms with E-state index in [-0.39, 0.29) is 24.5 Å². The SMILES string of the molecule is Cc1ccc(S(=O)(=O)N(C)CC(=O)NCCCN(C)CC(F)(F)F)cc1C. The van der Waals surface area contributed by atoms with E-state index in [0.717, 1.165) is 20.3 Å². The number of carbonyl (C=O) groups excluding carboxylic acids is 1. The van der Waals surface area contributed by atoms with Gasteiger partial charge in [-0.15, -0.1) is 0 Å². The van der Waals surface area contributed by atoms with E-state index in [2.05, 4.69) is 5.32 Å². The van der Waals surface area contributed by atoms with E-state index in [4.69, 9.17) is 0 Å². The van der Waals surface area contributed by atoms with Gasteiger partial charge in [0.25, 0.3) is 0 Å². The molecule has 1 rings (SSSR count). The number of nitrogens with one attached hydrogen (secondary N) is 1. The Morgan fingerprint density at radius 1 is 1.15 bits per heavy atom. The molecule has 0 saturated heterocycles. The summed E-state index contributed by atoms with van der Waals surface area (Å²) < 4.78 is 62.6. The molecule has 0 spiro atoms. The first kappa shape index (κ1) is 23.4. The summed E-state index contributed by atoms with van der Waals surface area (Å²) in [5, 5.41) is 2.52. The van der Waals surface area contributed by atoms with Crippen LogP contribution in [0.2, 0.25) is 0 Å². The molecular weight excluding hydrogens is 383 g/mol. The Bertz CT molecular complexity index is 752. The van der Waals surface area contributed by atoms with E-state index in [1.165, 1.54) is 20.2 Å². The Balaban J connectivity index is 2.48. The van der Waals surface area contributed by atoms with Gasteiger partial charge in [-0.1, -0.05) is 6.07 Å². The fraction of sp³-hybridized carbons (Fsp3) is 0.588. The first-order valence-electron chi connectivity index (χ1n) is 8.38. The van der Waals surface area contributed by atoms with Gasteiger partial charge in [0.15, 0.2) is 0 Å². The lowest BCUT2D eigenvalue weighted by Gasteiger charge is -2.19. The summed E-state index contributed by atoms with van der Waals surface area (Å²) in [5.74, 6) is -0.511. The normalized spacial score (nSPS) is 12.6. The van der Waals surface area contributed by atoms with Gasteiger partial charge in [0.05, 0.1) is 18.0 Å². The molecule has 1 aromatic carbocycles. The molecule has 0 bridgehead atoms. The van der Waals surface area contributed by atoms with Gasteiger partial charge in [-0.25, -0.2) is 8.42 Å². The highest BCUT2D eigenvalue weighted by atomic mass is 32.2. The molecule has 1 N–H and O–H groups in total. The van der Waals surface area contributed by atoms with Crippen LogP contribution in [0.4, 0.5) is 13.2 Å². The van der Waals surface area contributed by atoms with Gasteiger partial charge in [-0.3, -0.25) is 9.69 Å². The van der Waals surface area contributed by atoms with Crippen LogP contribution in [0.5, 0.6) is 0 Å². The number of alkyl halides is 3. The van der Waals surface area contributed by atoms with E-state index >= 15 is 0 Å². The fourth-order valence-electron chi connectivity index (χ4n) is 2.36. The van der Waals surface area contributed by atoms with Gasteiger partial charge in [0.2, 0.25) is 15.9 Å². The third-order valence-electron chi connectivity index (χ3n) is 4.04. The van der Waals surface area contributed by atoms with Crippen LogP contribution in [0.3, 0.4) is 0 Å². The van der Waals surface area contributed by atoms with Crippen molar-refractivity contribution in [2.24, 2.45) is 0 Å². The molecule has 0 aliphatic carbocycles. The second-order valence-corrected chi connectivity index (χ2v) is 8.61. The van der Waals surface area contributed by atoms with Crippen molar-refractivity contribution >= 4 is 15.9 Å². The molecule has 0 aliphatic rings. The molecular formula is C17H26F3N3O3S. The Hall–Kier alpha value is -1.65. The number of nitrogens with zero attached hydrogens (tertiary/aromatic N) is 2. The summed E-state index contributed by atoms with van der Waals surface area (Å²) >= 11 is 0. The number of hydrogen-bond donors (Lipinski definition) is 1. The monoisotopic (exact) mass is 409 g/mol. The van der Waals surface area contributed by atoms with Crippen molar-refractivity contribution in [2.45, 2.75) is 31.3 Å². The quantitative estimate of drug-likeness (QED) is 0.633. The number of amides is 1. The molecule has 27 heavy (non-hydrogen) atoms. The van der Waals surface area contributed by atoms with Crippen LogP contribution in [-0.4, -0.2) is 70.0 Å². The largest absolute Gasteiger partial charge is 0.401 e. The zero-order valence-electron chi connectivity index (χ0n) is 15.9. The molecule has 1 amide bonds. The van der Waals surface area contributed by atoms with Crippen molar-refractivity contribution in [1.29, 1.82) is 0 Å². The average molecular weight is 409 g/mol. The molecule has 0 saturated carbocycles. The third kappa shape index (κ3) is 7.86. The second-order valence-electron chi connectivity index (χ2n) is 6.56. The van der Waals surface area contributed by atoms with Crippen molar-refractivity contribution in [3.63, 3.8) is 0 Å². The molecule has 0 aliphatic heterocycles. The molecule has 154 valence electrons. The van der Waals surface area contributed by atoms with Crippen molar-refractivity contribution in [3.05, 3.63) is 29.3 Å². The maximum Gasteiger partial charge on any atom is 0.401 e. The second kappa shape index (κ2) is 9.52. The highest BCUT2D eigenvalue weighted by Gasteiger charge is 2.28. The minimum atomic E-state index is -4.26. The molecule has 0 atom stereocenters. The van der Waals surface area contributed by atoms with Gasteiger partial charge in [-0.05, 0) is 57.1 Å². The van der Waals surface area contributed by atoms with Gasteiger partial charge in [0, 0.05) is 13.6 Å². The highest BCUT2D eigenvalue weighted by molar-refractivity contribution is 7.89. The number of hydrogen-bond acceptors (Lipinski definition) is 4. The molecule has 0 fully saturated rings. The summed E-state index contributed by atoms with van der Waals surface area (Å²) in [6.45, 7) is 2.62. The first-order chi connectivity index (χ1) is 12.3. The topological polar surface area (TPSA) is 69.7 Å². The van der Waals surface area contributed by atoms with E-state index in [1.807, 2.05) is 6.92 Å². The Morgan fingerprint density at radius 2 is 1.78 bits per heavy atom. The smallest absolute Gasteiger partial charge is 0.355 e. The number of sulfonamides is 1. The zero-order chi connectivity index (χ0) is 20.8. The van der Waals surface area contributed by atoms with Crippen molar-refractivity contribution in [1.82, 2.24) is 14.5 Å². The Kier molecular flexibility index (Phi) is 8.24. The number of carbonyl (C=O) groups is 1. The van der Waals surface area contributed by atoms with Gasteiger partial charge >= 0.3 is 6.18 Å². The zero-order valence-corrected chi connectivity index (χ0v) is 16.7. The first-order valence-corrected chi connectivity index (χ1v) is 9.82.